The predicted molar refractivity (Wildman–Crippen MR) is 91.5 cm³/mol. The summed E-state index contributed by atoms with van der Waals surface area (Å²) >= 11 is 0. The van der Waals surface area contributed by atoms with E-state index < -0.39 is 22.9 Å². The maximum absolute atomic E-state index is 12.5. The maximum Gasteiger partial charge on any atom is 0.471 e. The van der Waals surface area contributed by atoms with Gasteiger partial charge < -0.3 is 4.52 Å². The molecule has 0 amide bonds. The van der Waals surface area contributed by atoms with Crippen molar-refractivity contribution in [3.05, 3.63) is 65.5 Å². The fourth-order valence-electron chi connectivity index (χ4n) is 2.30. The van der Waals surface area contributed by atoms with Crippen molar-refractivity contribution in [3.8, 4) is 11.4 Å². The molecule has 2 aromatic carbocycles. The van der Waals surface area contributed by atoms with Gasteiger partial charge in [0, 0.05) is 16.0 Å². The minimum absolute atomic E-state index is 0.191. The molecule has 9 heteroatoms. The minimum atomic E-state index is -4.72. The zero-order valence-corrected chi connectivity index (χ0v) is 14.8. The predicted octanol–water partition coefficient (Wildman–Crippen LogP) is 4.05. The topological polar surface area (TPSA) is 73.1 Å². The average molecular weight is 394 g/mol. The molecule has 140 valence electrons. The van der Waals surface area contributed by atoms with E-state index in [1.807, 2.05) is 13.0 Å². The van der Waals surface area contributed by atoms with Crippen LogP contribution in [-0.4, -0.2) is 25.9 Å². The van der Waals surface area contributed by atoms with Crippen molar-refractivity contribution in [2.45, 2.75) is 18.0 Å². The highest BCUT2D eigenvalue weighted by Crippen LogP contribution is 2.29. The van der Waals surface area contributed by atoms with Crippen LogP contribution in [-0.2, 0) is 17.0 Å². The molecule has 0 bridgehead atoms. The molecule has 0 saturated heterocycles. The Kier molecular flexibility index (Phi) is 5.22. The highest BCUT2D eigenvalue weighted by molar-refractivity contribution is 7.85. The largest absolute Gasteiger partial charge is 0.471 e. The van der Waals surface area contributed by atoms with E-state index in [4.69, 9.17) is 0 Å². The molecule has 0 fully saturated rings. The lowest BCUT2D eigenvalue weighted by atomic mass is 10.1. The van der Waals surface area contributed by atoms with E-state index in [2.05, 4.69) is 14.7 Å². The summed E-state index contributed by atoms with van der Waals surface area (Å²) in [5, 5.41) is 3.28. The van der Waals surface area contributed by atoms with Crippen LogP contribution in [0.4, 0.5) is 13.2 Å². The third-order valence-electron chi connectivity index (χ3n) is 3.65. The summed E-state index contributed by atoms with van der Waals surface area (Å²) < 4.78 is 54.0. The number of hydrogen-bond donors (Lipinski definition) is 0. The van der Waals surface area contributed by atoms with Crippen molar-refractivity contribution in [1.82, 2.24) is 10.1 Å². The fourth-order valence-corrected chi connectivity index (χ4v) is 3.42. The Bertz CT molecular complexity index is 998. The van der Waals surface area contributed by atoms with Gasteiger partial charge in [0.1, 0.15) is 0 Å². The minimum Gasteiger partial charge on any atom is -0.329 e. The number of benzene rings is 2. The summed E-state index contributed by atoms with van der Waals surface area (Å²) in [5.74, 6) is -2.20. The summed E-state index contributed by atoms with van der Waals surface area (Å²) in [4.78, 5) is 16.2. The maximum atomic E-state index is 12.5. The number of halogens is 3. The van der Waals surface area contributed by atoms with Crippen LogP contribution in [0.2, 0.25) is 0 Å². The first kappa shape index (κ1) is 19.0. The fraction of sp³-hybridized carbons (Fsp3) is 0.167. The van der Waals surface area contributed by atoms with Crippen LogP contribution in [0.5, 0.6) is 0 Å². The molecule has 1 atom stereocenters. The molecule has 1 unspecified atom stereocenters. The van der Waals surface area contributed by atoms with Crippen LogP contribution in [0.3, 0.4) is 0 Å². The van der Waals surface area contributed by atoms with Crippen LogP contribution in [0, 0.1) is 6.92 Å². The van der Waals surface area contributed by atoms with E-state index >= 15 is 0 Å². The number of hydrogen-bond acceptors (Lipinski definition) is 5. The van der Waals surface area contributed by atoms with Gasteiger partial charge in [0.25, 0.3) is 0 Å². The Balaban J connectivity index is 1.72. The summed E-state index contributed by atoms with van der Waals surface area (Å²) in [5.41, 5.74) is 1.50. The number of alkyl halides is 3. The monoisotopic (exact) mass is 394 g/mol. The van der Waals surface area contributed by atoms with Gasteiger partial charge in [0.15, 0.2) is 5.78 Å². The van der Waals surface area contributed by atoms with Gasteiger partial charge in [-0.2, -0.15) is 18.2 Å². The van der Waals surface area contributed by atoms with Crippen LogP contribution in [0.1, 0.15) is 21.8 Å². The molecule has 27 heavy (non-hydrogen) atoms. The van der Waals surface area contributed by atoms with Crippen LogP contribution in [0.25, 0.3) is 11.4 Å². The molecular formula is C18H13F3N2O3S. The zero-order valence-electron chi connectivity index (χ0n) is 14.0. The van der Waals surface area contributed by atoms with Gasteiger partial charge in [0.2, 0.25) is 5.82 Å². The molecule has 3 aromatic rings. The van der Waals surface area contributed by atoms with Crippen molar-refractivity contribution < 1.29 is 26.7 Å². The SMILES string of the molecule is Cc1cccc(S(=O)CC(=O)c2ccc(-c3noc(C(F)(F)F)n3)cc2)c1. The van der Waals surface area contributed by atoms with Crippen molar-refractivity contribution in [2.24, 2.45) is 0 Å². The number of aryl methyl sites for hydroxylation is 1. The summed E-state index contributed by atoms with van der Waals surface area (Å²) in [7, 11) is -1.49. The first-order valence-corrected chi connectivity index (χ1v) is 9.05. The molecule has 3 rings (SSSR count). The van der Waals surface area contributed by atoms with E-state index in [0.717, 1.165) is 5.56 Å². The highest BCUT2D eigenvalue weighted by Gasteiger charge is 2.38. The van der Waals surface area contributed by atoms with E-state index in [9.17, 15) is 22.2 Å². The molecule has 0 spiro atoms. The normalized spacial score (nSPS) is 12.7. The van der Waals surface area contributed by atoms with Gasteiger partial charge in [-0.3, -0.25) is 9.00 Å². The van der Waals surface area contributed by atoms with Crippen molar-refractivity contribution in [1.29, 1.82) is 0 Å². The van der Waals surface area contributed by atoms with Crippen molar-refractivity contribution >= 4 is 16.6 Å². The highest BCUT2D eigenvalue weighted by atomic mass is 32.2. The third kappa shape index (κ3) is 4.48. The molecule has 1 heterocycles. The number of nitrogens with zero attached hydrogens (tertiary/aromatic N) is 2. The van der Waals surface area contributed by atoms with Gasteiger partial charge in [-0.25, -0.2) is 0 Å². The Morgan fingerprint density at radius 1 is 1.15 bits per heavy atom. The smallest absolute Gasteiger partial charge is 0.329 e. The Labute approximate surface area is 154 Å². The average Bonchev–Trinajstić information content (AvgIpc) is 3.12. The second kappa shape index (κ2) is 7.43. The Hall–Kier alpha value is -2.81. The van der Waals surface area contributed by atoms with E-state index in [0.29, 0.717) is 10.5 Å². The second-order valence-electron chi connectivity index (χ2n) is 5.73. The zero-order chi connectivity index (χ0) is 19.6. The van der Waals surface area contributed by atoms with E-state index in [1.165, 1.54) is 24.3 Å². The van der Waals surface area contributed by atoms with Gasteiger partial charge in [-0.15, -0.1) is 0 Å². The molecule has 0 aliphatic carbocycles. The first-order chi connectivity index (χ1) is 12.7. The number of carbonyl (C=O) groups excluding carboxylic acids is 1. The first-order valence-electron chi connectivity index (χ1n) is 7.73. The standard InChI is InChI=1S/C18H13F3N2O3S/c1-11-3-2-4-14(9-11)27(25)10-15(24)12-5-7-13(8-6-12)16-22-17(26-23-16)18(19,20)21/h2-9H,10H2,1H3. The third-order valence-corrected chi connectivity index (χ3v) is 4.95. The molecule has 0 N–H and O–H groups in total. The van der Waals surface area contributed by atoms with Crippen LogP contribution < -0.4 is 0 Å². The lowest BCUT2D eigenvalue weighted by Gasteiger charge is -2.04. The Morgan fingerprint density at radius 2 is 1.85 bits per heavy atom. The number of ketones is 1. The van der Waals surface area contributed by atoms with Gasteiger partial charge in [-0.1, -0.05) is 41.6 Å². The molecule has 0 aliphatic rings. The van der Waals surface area contributed by atoms with Gasteiger partial charge in [-0.05, 0) is 24.6 Å². The quantitative estimate of drug-likeness (QED) is 0.611. The number of rotatable bonds is 5. The van der Waals surface area contributed by atoms with Gasteiger partial charge in [0.05, 0.1) is 16.6 Å². The molecular weight excluding hydrogens is 381 g/mol. The van der Waals surface area contributed by atoms with Crippen molar-refractivity contribution in [2.75, 3.05) is 5.75 Å². The van der Waals surface area contributed by atoms with Crippen LogP contribution >= 0.6 is 0 Å². The molecule has 5 nitrogen and oxygen atoms in total. The second-order valence-corrected chi connectivity index (χ2v) is 7.18. The molecule has 0 saturated carbocycles. The lowest BCUT2D eigenvalue weighted by Crippen LogP contribution is -2.11. The van der Waals surface area contributed by atoms with Gasteiger partial charge >= 0.3 is 12.1 Å². The summed E-state index contributed by atoms with van der Waals surface area (Å²) in [6, 6.07) is 12.7. The van der Waals surface area contributed by atoms with Crippen molar-refractivity contribution in [3.63, 3.8) is 0 Å². The Morgan fingerprint density at radius 3 is 2.44 bits per heavy atom. The number of Topliss-reactive ketones (excluding diaryl/α,β-unsaturated/α-hetero) is 1. The summed E-state index contributed by atoms with van der Waals surface area (Å²) in [6.45, 7) is 1.86. The van der Waals surface area contributed by atoms with E-state index in [1.54, 1.807) is 18.2 Å². The number of aromatic nitrogens is 2. The van der Waals surface area contributed by atoms with Crippen LogP contribution in [0.15, 0.2) is 57.9 Å². The molecule has 0 aliphatic heterocycles. The van der Waals surface area contributed by atoms with E-state index in [-0.39, 0.29) is 22.9 Å². The molecule has 1 aromatic heterocycles. The number of carbonyl (C=O) groups is 1. The summed E-state index contributed by atoms with van der Waals surface area (Å²) in [6.07, 6.45) is -4.72. The molecule has 0 radical (unpaired) electrons. The lowest BCUT2D eigenvalue weighted by molar-refractivity contribution is -0.159.